The quantitative estimate of drug-likeness (QED) is 0.621. The van der Waals surface area contributed by atoms with Crippen molar-refractivity contribution in [2.75, 3.05) is 14.2 Å². The van der Waals surface area contributed by atoms with Crippen LogP contribution in [0.4, 0.5) is 0 Å². The fourth-order valence-electron chi connectivity index (χ4n) is 3.05. The van der Waals surface area contributed by atoms with Gasteiger partial charge in [0, 0.05) is 26.4 Å². The molecule has 0 fully saturated rings. The summed E-state index contributed by atoms with van der Waals surface area (Å²) in [6, 6.07) is 14.3. The van der Waals surface area contributed by atoms with E-state index in [4.69, 9.17) is 14.2 Å². The third kappa shape index (κ3) is 2.25. The summed E-state index contributed by atoms with van der Waals surface area (Å²) in [5.41, 5.74) is 3.42. The zero-order chi connectivity index (χ0) is 16.0. The van der Waals surface area contributed by atoms with E-state index in [1.54, 1.807) is 14.2 Å². The van der Waals surface area contributed by atoms with Crippen LogP contribution in [0.25, 0.3) is 21.9 Å². The molecule has 3 aromatic rings. The zero-order valence-electron chi connectivity index (χ0n) is 12.9. The fourth-order valence-corrected chi connectivity index (χ4v) is 3.60. The molecular weight excluding hydrogens is 356 g/mol. The van der Waals surface area contributed by atoms with E-state index in [0.29, 0.717) is 6.61 Å². The lowest BCUT2D eigenvalue weighted by Crippen LogP contribution is -2.06. The molecule has 4 heteroatoms. The predicted octanol–water partition coefficient (Wildman–Crippen LogP) is 5.18. The summed E-state index contributed by atoms with van der Waals surface area (Å²) in [7, 11) is 3.35. The van der Waals surface area contributed by atoms with E-state index in [9.17, 15) is 0 Å². The van der Waals surface area contributed by atoms with Gasteiger partial charge in [-0.25, -0.2) is 0 Å². The highest BCUT2D eigenvalue weighted by Gasteiger charge is 2.21. The highest BCUT2D eigenvalue weighted by atomic mass is 79.9. The molecule has 0 saturated carbocycles. The third-order valence-electron chi connectivity index (χ3n) is 4.22. The monoisotopic (exact) mass is 370 g/mol. The van der Waals surface area contributed by atoms with Crippen LogP contribution in [-0.2, 0) is 6.61 Å². The number of ether oxygens (including phenoxy) is 3. The second-order valence-corrected chi connectivity index (χ2v) is 6.31. The van der Waals surface area contributed by atoms with Crippen molar-refractivity contribution < 1.29 is 14.2 Å². The van der Waals surface area contributed by atoms with Crippen LogP contribution in [0, 0.1) is 0 Å². The molecule has 0 bridgehead atoms. The third-order valence-corrected chi connectivity index (χ3v) is 4.88. The first-order chi connectivity index (χ1) is 11.2. The largest absolute Gasteiger partial charge is 0.497 e. The number of benzene rings is 3. The van der Waals surface area contributed by atoms with Gasteiger partial charge in [0.1, 0.15) is 23.9 Å². The second-order valence-electron chi connectivity index (χ2n) is 5.46. The van der Waals surface area contributed by atoms with E-state index < -0.39 is 0 Å². The smallest absolute Gasteiger partial charge is 0.135 e. The summed E-state index contributed by atoms with van der Waals surface area (Å²) in [4.78, 5) is 0. The summed E-state index contributed by atoms with van der Waals surface area (Å²) in [6.07, 6.45) is 0. The van der Waals surface area contributed by atoms with Gasteiger partial charge in [0.2, 0.25) is 0 Å². The van der Waals surface area contributed by atoms with Crippen molar-refractivity contribution in [1.82, 2.24) is 0 Å². The van der Waals surface area contributed by atoms with Crippen LogP contribution in [0.1, 0.15) is 5.56 Å². The Labute approximate surface area is 142 Å². The molecule has 4 rings (SSSR count). The number of halogens is 1. The van der Waals surface area contributed by atoms with Crippen LogP contribution in [0.15, 0.2) is 46.9 Å². The van der Waals surface area contributed by atoms with Crippen molar-refractivity contribution in [2.24, 2.45) is 0 Å². The molecule has 3 aromatic carbocycles. The maximum atomic E-state index is 6.07. The lowest BCUT2D eigenvalue weighted by Gasteiger charge is -2.23. The normalized spacial score (nSPS) is 12.3. The summed E-state index contributed by atoms with van der Waals surface area (Å²) in [5, 5.41) is 2.16. The SMILES string of the molecule is COc1ccc2c(c1)COc1c-2cc(Br)c2cc(OC)ccc12. The van der Waals surface area contributed by atoms with Gasteiger partial charge in [-0.15, -0.1) is 0 Å². The number of fused-ring (bicyclic) bond motifs is 5. The van der Waals surface area contributed by atoms with Crippen molar-refractivity contribution in [1.29, 1.82) is 0 Å². The molecule has 1 heterocycles. The Morgan fingerprint density at radius 1 is 0.870 bits per heavy atom. The van der Waals surface area contributed by atoms with Gasteiger partial charge < -0.3 is 14.2 Å². The lowest BCUT2D eigenvalue weighted by molar-refractivity contribution is 0.305. The van der Waals surface area contributed by atoms with Gasteiger partial charge in [0.25, 0.3) is 0 Å². The molecule has 0 radical (unpaired) electrons. The molecule has 0 N–H and O–H groups in total. The topological polar surface area (TPSA) is 27.7 Å². The molecule has 23 heavy (non-hydrogen) atoms. The van der Waals surface area contributed by atoms with Crippen LogP contribution in [0.3, 0.4) is 0 Å². The molecule has 3 nitrogen and oxygen atoms in total. The molecule has 0 amide bonds. The predicted molar refractivity (Wildman–Crippen MR) is 94.5 cm³/mol. The number of rotatable bonds is 2. The standard InChI is InChI=1S/C19H15BrO3/c1-21-12-3-5-14-11(7-12)10-23-19-15-6-4-13(22-2)8-16(15)18(20)9-17(14)19/h3-9H,10H2,1-2H3. The highest BCUT2D eigenvalue weighted by molar-refractivity contribution is 9.10. The Balaban J connectivity index is 1.98. The van der Waals surface area contributed by atoms with Gasteiger partial charge in [-0.05, 0) is 42.0 Å². The average Bonchev–Trinajstić information content (AvgIpc) is 2.60. The minimum atomic E-state index is 0.544. The zero-order valence-corrected chi connectivity index (χ0v) is 14.4. The molecule has 0 saturated heterocycles. The van der Waals surface area contributed by atoms with Gasteiger partial charge in [-0.1, -0.05) is 22.0 Å². The minimum Gasteiger partial charge on any atom is -0.497 e. The van der Waals surface area contributed by atoms with Crippen LogP contribution in [0.2, 0.25) is 0 Å². The summed E-state index contributed by atoms with van der Waals surface area (Å²) >= 11 is 3.68. The second kappa shape index (κ2) is 5.46. The molecule has 0 aromatic heterocycles. The Hall–Kier alpha value is -2.20. The van der Waals surface area contributed by atoms with Crippen molar-refractivity contribution >= 4 is 26.7 Å². The lowest BCUT2D eigenvalue weighted by atomic mass is 9.94. The van der Waals surface area contributed by atoms with Gasteiger partial charge in [-0.3, -0.25) is 0 Å². The van der Waals surface area contributed by atoms with E-state index in [0.717, 1.165) is 43.6 Å². The average molecular weight is 371 g/mol. The number of hydrogen-bond acceptors (Lipinski definition) is 3. The highest BCUT2D eigenvalue weighted by Crippen LogP contribution is 2.46. The van der Waals surface area contributed by atoms with Crippen LogP contribution in [0.5, 0.6) is 17.2 Å². The van der Waals surface area contributed by atoms with Crippen LogP contribution in [-0.4, -0.2) is 14.2 Å². The van der Waals surface area contributed by atoms with E-state index in [1.165, 1.54) is 5.56 Å². The minimum absolute atomic E-state index is 0.544. The van der Waals surface area contributed by atoms with Crippen LogP contribution < -0.4 is 14.2 Å². The van der Waals surface area contributed by atoms with Crippen molar-refractivity contribution in [3.63, 3.8) is 0 Å². The van der Waals surface area contributed by atoms with E-state index in [1.807, 2.05) is 30.3 Å². The van der Waals surface area contributed by atoms with Crippen molar-refractivity contribution in [3.05, 3.63) is 52.5 Å². The van der Waals surface area contributed by atoms with Crippen LogP contribution >= 0.6 is 15.9 Å². The molecule has 0 aliphatic carbocycles. The Bertz CT molecular complexity index is 918. The summed E-state index contributed by atoms with van der Waals surface area (Å²) in [5.74, 6) is 2.60. The Morgan fingerprint density at radius 3 is 2.39 bits per heavy atom. The molecule has 1 aliphatic heterocycles. The van der Waals surface area contributed by atoms with E-state index >= 15 is 0 Å². The Kier molecular flexibility index (Phi) is 3.42. The first-order valence-corrected chi connectivity index (χ1v) is 8.11. The maximum Gasteiger partial charge on any atom is 0.135 e. The van der Waals surface area contributed by atoms with Gasteiger partial charge in [0.15, 0.2) is 0 Å². The fraction of sp³-hybridized carbons (Fsp3) is 0.158. The van der Waals surface area contributed by atoms with Gasteiger partial charge in [0.05, 0.1) is 14.2 Å². The molecule has 0 spiro atoms. The van der Waals surface area contributed by atoms with Gasteiger partial charge >= 0.3 is 0 Å². The maximum absolute atomic E-state index is 6.07. The van der Waals surface area contributed by atoms with Gasteiger partial charge in [-0.2, -0.15) is 0 Å². The van der Waals surface area contributed by atoms with Crippen molar-refractivity contribution in [2.45, 2.75) is 6.61 Å². The first-order valence-electron chi connectivity index (χ1n) is 7.31. The molecule has 0 unspecified atom stereocenters. The first kappa shape index (κ1) is 14.4. The molecule has 1 aliphatic rings. The molecule has 0 atom stereocenters. The number of hydrogen-bond donors (Lipinski definition) is 0. The van der Waals surface area contributed by atoms with Crippen molar-refractivity contribution in [3.8, 4) is 28.4 Å². The van der Waals surface area contributed by atoms with E-state index in [2.05, 4.69) is 28.1 Å². The molecule has 116 valence electrons. The Morgan fingerprint density at radius 2 is 1.61 bits per heavy atom. The summed E-state index contributed by atoms with van der Waals surface area (Å²) < 4.78 is 17.7. The van der Waals surface area contributed by atoms with E-state index in [-0.39, 0.29) is 0 Å². The molecular formula is C19H15BrO3. The number of methoxy groups -OCH3 is 2. The summed E-state index contributed by atoms with van der Waals surface area (Å²) in [6.45, 7) is 0.544.